The minimum atomic E-state index is -0.381. The first kappa shape index (κ1) is 28.2. The summed E-state index contributed by atoms with van der Waals surface area (Å²) in [6.45, 7) is 11.7. The molecule has 1 aromatic rings. The van der Waals surface area contributed by atoms with Crippen LogP contribution in [-0.2, 0) is 4.74 Å². The van der Waals surface area contributed by atoms with Gasteiger partial charge in [0.15, 0.2) is 0 Å². The van der Waals surface area contributed by atoms with Gasteiger partial charge in [-0.05, 0) is 142 Å². The van der Waals surface area contributed by atoms with E-state index in [4.69, 9.17) is 4.74 Å². The van der Waals surface area contributed by atoms with E-state index in [2.05, 4.69) is 34.6 Å². The number of aliphatic hydroxyl groups is 1. The molecule has 4 fully saturated rings. The lowest BCUT2D eigenvalue weighted by molar-refractivity contribution is -0.109. The number of hydrogen-bond acceptors (Lipinski definition) is 3. The molecular weight excluding hydrogens is 468 g/mol. The normalized spacial score (nSPS) is 40.1. The van der Waals surface area contributed by atoms with E-state index in [9.17, 15) is 9.90 Å². The van der Waals surface area contributed by atoms with Crippen LogP contribution in [0.4, 0.5) is 0 Å². The Balaban J connectivity index is 1.20. The molecule has 0 bridgehead atoms. The van der Waals surface area contributed by atoms with E-state index in [-0.39, 0.29) is 17.7 Å². The average Bonchev–Trinajstić information content (AvgIpc) is 3.28. The lowest BCUT2D eigenvalue weighted by Crippen LogP contribution is -2.51. The van der Waals surface area contributed by atoms with Gasteiger partial charge in [0, 0.05) is 0 Å². The van der Waals surface area contributed by atoms with Gasteiger partial charge in [-0.1, -0.05) is 52.8 Å². The second-order valence-corrected chi connectivity index (χ2v) is 14.6. The summed E-state index contributed by atoms with van der Waals surface area (Å²) in [6, 6.07) is 9.45. The molecule has 0 radical (unpaired) electrons. The second kappa shape index (κ2) is 11.3. The van der Waals surface area contributed by atoms with Gasteiger partial charge < -0.3 is 9.84 Å². The van der Waals surface area contributed by atoms with Crippen LogP contribution in [-0.4, -0.2) is 22.8 Å². The highest BCUT2D eigenvalue weighted by Crippen LogP contribution is 2.66. The monoisotopic (exact) mass is 522 g/mol. The number of ether oxygens (including phenoxy) is 1. The van der Waals surface area contributed by atoms with E-state index in [1.54, 1.807) is 0 Å². The van der Waals surface area contributed by atoms with Crippen molar-refractivity contribution in [1.82, 2.24) is 0 Å². The standard InChI is InChI=1S/C35H54O3/c1-6-35(37)21-19-27-26(22-35)13-14-29-28(27)18-20-34(5)30(15-16-31(29)34)24(4)12-17-32(23(2)3)38-33(36)25-10-8-7-9-11-25/h7-11,23-24,26-32,37H,6,12-22H2,1-5H3/t24-,26+,27+,28-,29-,30-,31+,32+,34-,35+/m1/s1. The number of rotatable bonds is 8. The van der Waals surface area contributed by atoms with Gasteiger partial charge in [0.2, 0.25) is 0 Å². The second-order valence-electron chi connectivity index (χ2n) is 14.6. The van der Waals surface area contributed by atoms with Crippen molar-refractivity contribution in [2.75, 3.05) is 0 Å². The maximum atomic E-state index is 12.8. The zero-order valence-corrected chi connectivity index (χ0v) is 24.8. The first-order chi connectivity index (χ1) is 18.1. The summed E-state index contributed by atoms with van der Waals surface area (Å²) in [4.78, 5) is 12.8. The molecule has 0 unspecified atom stereocenters. The molecule has 5 rings (SSSR count). The zero-order valence-electron chi connectivity index (χ0n) is 24.8. The molecule has 0 aliphatic heterocycles. The largest absolute Gasteiger partial charge is 0.459 e. The molecule has 0 amide bonds. The van der Waals surface area contributed by atoms with Crippen LogP contribution in [0.1, 0.15) is 122 Å². The van der Waals surface area contributed by atoms with Gasteiger partial charge in [-0.2, -0.15) is 0 Å². The Bertz CT molecular complexity index is 942. The molecule has 212 valence electrons. The van der Waals surface area contributed by atoms with Gasteiger partial charge in [0.25, 0.3) is 0 Å². The third-order valence-corrected chi connectivity index (χ3v) is 12.4. The van der Waals surface area contributed by atoms with E-state index < -0.39 is 0 Å². The van der Waals surface area contributed by atoms with Crippen LogP contribution in [0, 0.1) is 52.8 Å². The SMILES string of the molecule is CC[C@]1(O)CC[C@H]2[C@@H](CC[C@@H]3[C@@H]2CC[C@]2(C)[C@@H]([C@H](C)CC[C@H](OC(=O)c4ccccc4)C(C)C)CC[C@@H]32)C1. The highest BCUT2D eigenvalue weighted by Gasteiger charge is 2.58. The number of fused-ring (bicyclic) bond motifs is 5. The van der Waals surface area contributed by atoms with E-state index >= 15 is 0 Å². The summed E-state index contributed by atoms with van der Waals surface area (Å²) in [7, 11) is 0. The Morgan fingerprint density at radius 2 is 1.68 bits per heavy atom. The summed E-state index contributed by atoms with van der Waals surface area (Å²) in [5.41, 5.74) is 0.746. The Morgan fingerprint density at radius 3 is 2.39 bits per heavy atom. The predicted molar refractivity (Wildman–Crippen MR) is 155 cm³/mol. The molecule has 0 saturated heterocycles. The quantitative estimate of drug-likeness (QED) is 0.347. The molecule has 3 heteroatoms. The van der Waals surface area contributed by atoms with E-state index in [0.29, 0.717) is 22.8 Å². The third-order valence-electron chi connectivity index (χ3n) is 12.4. The molecule has 1 N–H and O–H groups in total. The fourth-order valence-corrected chi connectivity index (χ4v) is 10.2. The Morgan fingerprint density at radius 1 is 0.947 bits per heavy atom. The summed E-state index contributed by atoms with van der Waals surface area (Å²) in [5, 5.41) is 11.0. The molecule has 3 nitrogen and oxygen atoms in total. The van der Waals surface area contributed by atoms with E-state index in [1.807, 2.05) is 30.3 Å². The van der Waals surface area contributed by atoms with E-state index in [0.717, 1.165) is 67.6 Å². The van der Waals surface area contributed by atoms with Crippen molar-refractivity contribution in [3.05, 3.63) is 35.9 Å². The van der Waals surface area contributed by atoms with Crippen LogP contribution in [0.3, 0.4) is 0 Å². The summed E-state index contributed by atoms with van der Waals surface area (Å²) in [5.74, 6) is 5.95. The maximum Gasteiger partial charge on any atom is 0.338 e. The van der Waals surface area contributed by atoms with Gasteiger partial charge in [-0.15, -0.1) is 0 Å². The van der Waals surface area contributed by atoms with Crippen molar-refractivity contribution >= 4 is 5.97 Å². The fraction of sp³-hybridized carbons (Fsp3) is 0.800. The van der Waals surface area contributed by atoms with Gasteiger partial charge in [-0.3, -0.25) is 0 Å². The van der Waals surface area contributed by atoms with Crippen molar-refractivity contribution in [1.29, 1.82) is 0 Å². The molecule has 10 atom stereocenters. The summed E-state index contributed by atoms with van der Waals surface area (Å²) >= 11 is 0. The number of benzene rings is 1. The topological polar surface area (TPSA) is 46.5 Å². The molecule has 4 aliphatic carbocycles. The van der Waals surface area contributed by atoms with Crippen LogP contribution >= 0.6 is 0 Å². The predicted octanol–water partition coefficient (Wildman–Crippen LogP) is 8.69. The summed E-state index contributed by atoms with van der Waals surface area (Å²) < 4.78 is 6.03. The molecule has 1 aromatic carbocycles. The van der Waals surface area contributed by atoms with Crippen molar-refractivity contribution in [2.45, 2.75) is 123 Å². The molecular formula is C35H54O3. The van der Waals surface area contributed by atoms with Gasteiger partial charge >= 0.3 is 5.97 Å². The van der Waals surface area contributed by atoms with Crippen molar-refractivity contribution in [3.8, 4) is 0 Å². The molecule has 4 aliphatic rings. The minimum Gasteiger partial charge on any atom is -0.459 e. The molecule has 4 saturated carbocycles. The van der Waals surface area contributed by atoms with Crippen molar-refractivity contribution in [2.24, 2.45) is 52.8 Å². The van der Waals surface area contributed by atoms with Gasteiger partial charge in [-0.25, -0.2) is 4.79 Å². The lowest BCUT2D eigenvalue weighted by atomic mass is 9.48. The van der Waals surface area contributed by atoms with Crippen LogP contribution < -0.4 is 0 Å². The minimum absolute atomic E-state index is 0.0192. The fourth-order valence-electron chi connectivity index (χ4n) is 10.2. The zero-order chi connectivity index (χ0) is 27.1. The molecule has 0 aromatic heterocycles. The highest BCUT2D eigenvalue weighted by molar-refractivity contribution is 5.89. The van der Waals surface area contributed by atoms with Crippen LogP contribution in [0.2, 0.25) is 0 Å². The molecule has 0 spiro atoms. The number of hydrogen-bond donors (Lipinski definition) is 1. The Labute approximate surface area is 232 Å². The number of carbonyl (C=O) groups is 1. The number of carbonyl (C=O) groups excluding carboxylic acids is 1. The van der Waals surface area contributed by atoms with Crippen LogP contribution in [0.25, 0.3) is 0 Å². The Hall–Kier alpha value is -1.35. The first-order valence-corrected chi connectivity index (χ1v) is 16.1. The number of esters is 1. The van der Waals surface area contributed by atoms with Crippen molar-refractivity contribution < 1.29 is 14.6 Å². The first-order valence-electron chi connectivity index (χ1n) is 16.1. The highest BCUT2D eigenvalue weighted by atomic mass is 16.5. The smallest absolute Gasteiger partial charge is 0.338 e. The maximum absolute atomic E-state index is 12.8. The van der Waals surface area contributed by atoms with Crippen molar-refractivity contribution in [3.63, 3.8) is 0 Å². The average molecular weight is 523 g/mol. The van der Waals surface area contributed by atoms with E-state index in [1.165, 1.54) is 44.9 Å². The molecule has 0 heterocycles. The lowest BCUT2D eigenvalue weighted by Gasteiger charge is -2.57. The van der Waals surface area contributed by atoms with Crippen LogP contribution in [0.15, 0.2) is 30.3 Å². The van der Waals surface area contributed by atoms with Gasteiger partial charge in [0.05, 0.1) is 11.2 Å². The third kappa shape index (κ3) is 5.35. The molecule has 38 heavy (non-hydrogen) atoms. The Kier molecular flexibility index (Phi) is 8.35. The van der Waals surface area contributed by atoms with Crippen LogP contribution in [0.5, 0.6) is 0 Å². The van der Waals surface area contributed by atoms with Gasteiger partial charge in [0.1, 0.15) is 6.10 Å². The summed E-state index contributed by atoms with van der Waals surface area (Å²) in [6.07, 6.45) is 14.7.